The molecule has 1 aromatic rings. The van der Waals surface area contributed by atoms with Crippen LogP contribution in [0.1, 0.15) is 12.0 Å². The molecular formula is C11H12FNO2. The Hall–Kier alpha value is -1.42. The van der Waals surface area contributed by atoms with Crippen molar-refractivity contribution in [3.8, 4) is 0 Å². The van der Waals surface area contributed by atoms with Gasteiger partial charge in [0.25, 0.3) is 0 Å². The normalized spacial score (nSPS) is 21.0. The van der Waals surface area contributed by atoms with E-state index in [-0.39, 0.29) is 11.9 Å². The number of rotatable bonds is 3. The summed E-state index contributed by atoms with van der Waals surface area (Å²) in [6, 6.07) is 5.80. The highest BCUT2D eigenvalue weighted by atomic mass is 19.1. The van der Waals surface area contributed by atoms with E-state index in [1.54, 1.807) is 12.1 Å². The number of likely N-dealkylation sites (tertiary alicyclic amines) is 1. The van der Waals surface area contributed by atoms with Crippen LogP contribution in [-0.4, -0.2) is 28.6 Å². The van der Waals surface area contributed by atoms with Crippen molar-refractivity contribution in [3.63, 3.8) is 0 Å². The lowest BCUT2D eigenvalue weighted by atomic mass is 10.0. The zero-order valence-electron chi connectivity index (χ0n) is 8.19. The molecule has 1 aromatic carbocycles. The lowest BCUT2D eigenvalue weighted by Gasteiger charge is -2.37. The van der Waals surface area contributed by atoms with Gasteiger partial charge in [-0.2, -0.15) is 0 Å². The molecule has 0 aromatic heterocycles. The predicted octanol–water partition coefficient (Wildman–Crippen LogP) is 1.48. The van der Waals surface area contributed by atoms with Crippen LogP contribution in [0.5, 0.6) is 0 Å². The van der Waals surface area contributed by atoms with Gasteiger partial charge in [0.2, 0.25) is 0 Å². The Labute approximate surface area is 87.1 Å². The van der Waals surface area contributed by atoms with Crippen molar-refractivity contribution in [2.45, 2.75) is 19.0 Å². The van der Waals surface area contributed by atoms with Crippen molar-refractivity contribution in [3.05, 3.63) is 35.6 Å². The lowest BCUT2D eigenvalue weighted by Crippen LogP contribution is -2.51. The molecular weight excluding hydrogens is 197 g/mol. The van der Waals surface area contributed by atoms with Crippen LogP contribution < -0.4 is 0 Å². The molecule has 0 radical (unpaired) electrons. The highest BCUT2D eigenvalue weighted by Crippen LogP contribution is 2.20. The molecule has 1 heterocycles. The van der Waals surface area contributed by atoms with Gasteiger partial charge in [0, 0.05) is 13.1 Å². The maximum atomic E-state index is 12.6. The van der Waals surface area contributed by atoms with Crippen LogP contribution in [0.3, 0.4) is 0 Å². The molecule has 0 spiro atoms. The van der Waals surface area contributed by atoms with Crippen molar-refractivity contribution < 1.29 is 14.3 Å². The molecule has 4 heteroatoms. The summed E-state index contributed by atoms with van der Waals surface area (Å²) in [7, 11) is 0. The molecule has 0 unspecified atom stereocenters. The van der Waals surface area contributed by atoms with Crippen LogP contribution in [0, 0.1) is 5.82 Å². The Kier molecular flexibility index (Phi) is 2.68. The summed E-state index contributed by atoms with van der Waals surface area (Å²) in [5, 5.41) is 8.82. The first kappa shape index (κ1) is 10.1. The summed E-state index contributed by atoms with van der Waals surface area (Å²) in [6.45, 7) is 1.38. The summed E-state index contributed by atoms with van der Waals surface area (Å²) in [6.07, 6.45) is 0.705. The van der Waals surface area contributed by atoms with Crippen LogP contribution in [0.15, 0.2) is 24.3 Å². The number of halogens is 1. The number of hydrogen-bond acceptors (Lipinski definition) is 2. The molecule has 1 N–H and O–H groups in total. The maximum Gasteiger partial charge on any atom is 0.320 e. The monoisotopic (exact) mass is 209 g/mol. The SMILES string of the molecule is O=C(O)[C@@H]1CCN1Cc1ccc(F)cc1. The Bertz CT molecular complexity index is 363. The van der Waals surface area contributed by atoms with E-state index in [2.05, 4.69) is 0 Å². The number of carboxylic acids is 1. The van der Waals surface area contributed by atoms with Crippen LogP contribution >= 0.6 is 0 Å². The third-order valence-electron chi connectivity index (χ3n) is 2.71. The van der Waals surface area contributed by atoms with E-state index < -0.39 is 5.97 Å². The van der Waals surface area contributed by atoms with Crippen molar-refractivity contribution in [2.75, 3.05) is 6.54 Å². The predicted molar refractivity (Wildman–Crippen MR) is 52.9 cm³/mol. The average Bonchev–Trinajstić information content (AvgIpc) is 2.14. The topological polar surface area (TPSA) is 40.5 Å². The van der Waals surface area contributed by atoms with Gasteiger partial charge in [-0.15, -0.1) is 0 Å². The molecule has 80 valence electrons. The smallest absolute Gasteiger partial charge is 0.320 e. The first-order valence-electron chi connectivity index (χ1n) is 4.88. The molecule has 0 aliphatic carbocycles. The Balaban J connectivity index is 1.97. The quantitative estimate of drug-likeness (QED) is 0.819. The van der Waals surface area contributed by atoms with E-state index in [9.17, 15) is 9.18 Å². The molecule has 0 bridgehead atoms. The largest absolute Gasteiger partial charge is 0.480 e. The molecule has 1 aliphatic heterocycles. The van der Waals surface area contributed by atoms with Crippen LogP contribution in [-0.2, 0) is 11.3 Å². The first-order chi connectivity index (χ1) is 7.16. The first-order valence-corrected chi connectivity index (χ1v) is 4.88. The van der Waals surface area contributed by atoms with E-state index in [1.165, 1.54) is 12.1 Å². The molecule has 0 amide bonds. The third kappa shape index (κ3) is 2.15. The highest BCUT2D eigenvalue weighted by molar-refractivity contribution is 5.74. The minimum absolute atomic E-state index is 0.267. The van der Waals surface area contributed by atoms with Gasteiger partial charge in [0.1, 0.15) is 11.9 Å². The fourth-order valence-corrected chi connectivity index (χ4v) is 1.73. The van der Waals surface area contributed by atoms with Gasteiger partial charge in [-0.05, 0) is 24.1 Å². The van der Waals surface area contributed by atoms with E-state index in [4.69, 9.17) is 5.11 Å². The fraction of sp³-hybridized carbons (Fsp3) is 0.364. The third-order valence-corrected chi connectivity index (χ3v) is 2.71. The second-order valence-corrected chi connectivity index (χ2v) is 3.74. The Morgan fingerprint density at radius 1 is 1.47 bits per heavy atom. The van der Waals surface area contributed by atoms with Crippen molar-refractivity contribution in [2.24, 2.45) is 0 Å². The molecule has 1 atom stereocenters. The fourth-order valence-electron chi connectivity index (χ4n) is 1.73. The van der Waals surface area contributed by atoms with Crippen LogP contribution in [0.4, 0.5) is 4.39 Å². The average molecular weight is 209 g/mol. The van der Waals surface area contributed by atoms with E-state index in [0.717, 1.165) is 12.1 Å². The molecule has 2 rings (SSSR count). The van der Waals surface area contributed by atoms with Crippen molar-refractivity contribution in [1.29, 1.82) is 0 Å². The maximum absolute atomic E-state index is 12.6. The summed E-state index contributed by atoms with van der Waals surface area (Å²) < 4.78 is 12.6. The zero-order chi connectivity index (χ0) is 10.8. The number of benzene rings is 1. The summed E-state index contributed by atoms with van der Waals surface area (Å²) >= 11 is 0. The van der Waals surface area contributed by atoms with Crippen molar-refractivity contribution >= 4 is 5.97 Å². The number of aliphatic carboxylic acids is 1. The van der Waals surface area contributed by atoms with E-state index >= 15 is 0 Å². The molecule has 1 fully saturated rings. The summed E-state index contributed by atoms with van der Waals surface area (Å²) in [4.78, 5) is 12.6. The van der Waals surface area contributed by atoms with Gasteiger partial charge in [0.15, 0.2) is 0 Å². The summed E-state index contributed by atoms with van der Waals surface area (Å²) in [5.74, 6) is -1.04. The molecule has 1 saturated heterocycles. The van der Waals surface area contributed by atoms with Gasteiger partial charge < -0.3 is 5.11 Å². The summed E-state index contributed by atoms with van der Waals surface area (Å²) in [5.41, 5.74) is 0.947. The van der Waals surface area contributed by atoms with Gasteiger partial charge in [-0.3, -0.25) is 9.69 Å². The van der Waals surface area contributed by atoms with Crippen molar-refractivity contribution in [1.82, 2.24) is 4.90 Å². The number of carbonyl (C=O) groups is 1. The minimum atomic E-state index is -0.775. The van der Waals surface area contributed by atoms with Crippen LogP contribution in [0.25, 0.3) is 0 Å². The Morgan fingerprint density at radius 2 is 2.13 bits per heavy atom. The standard InChI is InChI=1S/C11H12FNO2/c12-9-3-1-8(2-4-9)7-13-6-5-10(13)11(14)15/h1-4,10H,5-7H2,(H,14,15)/t10-/m0/s1. The number of carboxylic acid groups (broad SMARTS) is 1. The van der Waals surface area contributed by atoms with E-state index in [1.807, 2.05) is 4.90 Å². The molecule has 0 saturated carbocycles. The second-order valence-electron chi connectivity index (χ2n) is 3.74. The van der Waals surface area contributed by atoms with Crippen LogP contribution in [0.2, 0.25) is 0 Å². The number of nitrogens with zero attached hydrogens (tertiary/aromatic N) is 1. The van der Waals surface area contributed by atoms with Gasteiger partial charge in [-0.1, -0.05) is 12.1 Å². The van der Waals surface area contributed by atoms with E-state index in [0.29, 0.717) is 13.0 Å². The highest BCUT2D eigenvalue weighted by Gasteiger charge is 2.33. The molecule has 15 heavy (non-hydrogen) atoms. The van der Waals surface area contributed by atoms with Gasteiger partial charge in [-0.25, -0.2) is 4.39 Å². The van der Waals surface area contributed by atoms with Gasteiger partial charge >= 0.3 is 5.97 Å². The van der Waals surface area contributed by atoms with Gasteiger partial charge in [0.05, 0.1) is 0 Å². The molecule has 1 aliphatic rings. The second kappa shape index (κ2) is 3.98. The number of hydrogen-bond donors (Lipinski definition) is 1. The minimum Gasteiger partial charge on any atom is -0.480 e. The Morgan fingerprint density at radius 3 is 2.60 bits per heavy atom. The molecule has 3 nitrogen and oxygen atoms in total. The lowest BCUT2D eigenvalue weighted by molar-refractivity contribution is -0.148. The zero-order valence-corrected chi connectivity index (χ0v) is 8.19.